The quantitative estimate of drug-likeness (QED) is 0.416. The van der Waals surface area contributed by atoms with Gasteiger partial charge in [-0.25, -0.2) is 4.98 Å². The van der Waals surface area contributed by atoms with Crippen LogP contribution in [0.15, 0.2) is 61.1 Å². The second-order valence-corrected chi connectivity index (χ2v) is 7.84. The van der Waals surface area contributed by atoms with E-state index in [9.17, 15) is 9.59 Å². The lowest BCUT2D eigenvalue weighted by Gasteiger charge is -2.37. The molecule has 1 aromatic carbocycles. The summed E-state index contributed by atoms with van der Waals surface area (Å²) in [6.45, 7) is 3.88. The van der Waals surface area contributed by atoms with Crippen molar-refractivity contribution in [2.75, 3.05) is 35.2 Å². The number of piperazine rings is 1. The first-order valence-electron chi connectivity index (χ1n) is 10.8. The van der Waals surface area contributed by atoms with Crippen molar-refractivity contribution in [3.63, 3.8) is 0 Å². The molecule has 0 radical (unpaired) electrons. The lowest BCUT2D eigenvalue weighted by Crippen LogP contribution is -2.54. The number of anilines is 4. The monoisotopic (exact) mass is 445 g/mol. The number of Topliss-reactive ketones (excluding diaryl/α,β-unsaturated/α-hetero) is 1. The van der Waals surface area contributed by atoms with Crippen molar-refractivity contribution in [1.29, 1.82) is 0 Å². The fraction of sp³-hybridized carbons (Fsp3) is 0.250. The van der Waals surface area contributed by atoms with Gasteiger partial charge in [-0.05, 0) is 24.6 Å². The van der Waals surface area contributed by atoms with Gasteiger partial charge in [-0.1, -0.05) is 30.3 Å². The summed E-state index contributed by atoms with van der Waals surface area (Å²) in [5.41, 5.74) is 9.02. The van der Waals surface area contributed by atoms with Crippen LogP contribution in [-0.2, 0) is 11.3 Å². The fourth-order valence-electron chi connectivity index (χ4n) is 3.95. The minimum atomic E-state index is -0.624. The number of carbonyl (C=O) groups is 2. The van der Waals surface area contributed by atoms with Crippen LogP contribution in [0.2, 0.25) is 0 Å². The lowest BCUT2D eigenvalue weighted by molar-refractivity contribution is -0.118. The maximum Gasteiger partial charge on any atom is 0.254 e. The number of nitrogens with two attached hydrogens (primary N) is 1. The van der Waals surface area contributed by atoms with E-state index >= 15 is 0 Å². The van der Waals surface area contributed by atoms with Crippen LogP contribution in [0, 0.1) is 0 Å². The molecule has 1 unspecified atom stereocenters. The number of pyridine rings is 2. The summed E-state index contributed by atoms with van der Waals surface area (Å²) in [5.74, 6) is -0.264. The van der Waals surface area contributed by atoms with Crippen LogP contribution < -0.4 is 26.6 Å². The van der Waals surface area contributed by atoms with Gasteiger partial charge in [-0.2, -0.15) is 0 Å². The number of nitrogens with one attached hydrogen (secondary N) is 3. The molecule has 3 aromatic rings. The van der Waals surface area contributed by atoms with Crippen LogP contribution >= 0.6 is 0 Å². The van der Waals surface area contributed by atoms with Gasteiger partial charge in [-0.3, -0.25) is 14.6 Å². The third-order valence-corrected chi connectivity index (χ3v) is 5.56. The van der Waals surface area contributed by atoms with E-state index < -0.39 is 5.91 Å². The number of aromatic nitrogens is 2. The molecule has 170 valence electrons. The lowest BCUT2D eigenvalue weighted by atomic mass is 10.1. The summed E-state index contributed by atoms with van der Waals surface area (Å²) in [6.07, 6.45) is 4.98. The Morgan fingerprint density at radius 1 is 1.18 bits per heavy atom. The molecule has 1 aliphatic rings. The zero-order valence-corrected chi connectivity index (χ0v) is 18.4. The van der Waals surface area contributed by atoms with Crippen LogP contribution in [0.5, 0.6) is 0 Å². The highest BCUT2D eigenvalue weighted by atomic mass is 16.1. The van der Waals surface area contributed by atoms with E-state index in [4.69, 9.17) is 5.73 Å². The molecular formula is C24H27N7O2. The number of hydrogen-bond acceptors (Lipinski definition) is 8. The van der Waals surface area contributed by atoms with E-state index in [0.29, 0.717) is 49.1 Å². The molecule has 1 amide bonds. The van der Waals surface area contributed by atoms with Crippen molar-refractivity contribution < 1.29 is 9.59 Å². The Morgan fingerprint density at radius 3 is 2.70 bits per heavy atom. The SMILES string of the molecule is CC(=O)C1CNCCN1c1cnc(Nc2cccnc2)c(C(N)=O)c1NCc1ccccc1. The predicted molar refractivity (Wildman–Crippen MR) is 129 cm³/mol. The Morgan fingerprint density at radius 2 is 2.00 bits per heavy atom. The maximum atomic E-state index is 12.7. The van der Waals surface area contributed by atoms with E-state index in [1.807, 2.05) is 41.3 Å². The second kappa shape index (κ2) is 10.1. The number of nitrogens with zero attached hydrogens (tertiary/aromatic N) is 3. The maximum absolute atomic E-state index is 12.7. The van der Waals surface area contributed by atoms with Crippen LogP contribution in [0.4, 0.5) is 22.9 Å². The smallest absolute Gasteiger partial charge is 0.254 e. The molecular weight excluding hydrogens is 418 g/mol. The van der Waals surface area contributed by atoms with Gasteiger partial charge in [0, 0.05) is 32.4 Å². The number of benzene rings is 1. The highest BCUT2D eigenvalue weighted by Gasteiger charge is 2.30. The Bertz CT molecular complexity index is 1120. The third-order valence-electron chi connectivity index (χ3n) is 5.56. The average Bonchev–Trinajstić information content (AvgIpc) is 2.83. The summed E-state index contributed by atoms with van der Waals surface area (Å²) in [6, 6.07) is 13.1. The van der Waals surface area contributed by atoms with E-state index in [0.717, 1.165) is 5.56 Å². The summed E-state index contributed by atoms with van der Waals surface area (Å²) in [7, 11) is 0. The van der Waals surface area contributed by atoms with E-state index in [2.05, 4.69) is 25.9 Å². The fourth-order valence-corrected chi connectivity index (χ4v) is 3.95. The van der Waals surface area contributed by atoms with Gasteiger partial charge in [0.05, 0.1) is 35.5 Å². The molecule has 1 atom stereocenters. The van der Waals surface area contributed by atoms with Gasteiger partial charge in [0.25, 0.3) is 5.91 Å². The van der Waals surface area contributed by atoms with Crippen molar-refractivity contribution in [2.24, 2.45) is 5.73 Å². The molecule has 33 heavy (non-hydrogen) atoms. The van der Waals surface area contributed by atoms with Gasteiger partial charge < -0.3 is 26.6 Å². The number of ketones is 1. The highest BCUT2D eigenvalue weighted by Crippen LogP contribution is 2.36. The number of hydrogen-bond donors (Lipinski definition) is 4. The minimum absolute atomic E-state index is 0.0365. The molecule has 5 N–H and O–H groups in total. The molecule has 1 aliphatic heterocycles. The number of rotatable bonds is 8. The summed E-state index contributed by atoms with van der Waals surface area (Å²) < 4.78 is 0. The zero-order valence-electron chi connectivity index (χ0n) is 18.4. The largest absolute Gasteiger partial charge is 0.378 e. The molecule has 4 rings (SSSR count). The second-order valence-electron chi connectivity index (χ2n) is 7.84. The normalized spacial score (nSPS) is 15.7. The van der Waals surface area contributed by atoms with E-state index in [1.54, 1.807) is 31.6 Å². The Balaban J connectivity index is 1.79. The van der Waals surface area contributed by atoms with Crippen molar-refractivity contribution >= 4 is 34.6 Å². The molecule has 1 saturated heterocycles. The Labute approximate surface area is 192 Å². The van der Waals surface area contributed by atoms with Crippen molar-refractivity contribution in [1.82, 2.24) is 15.3 Å². The molecule has 1 fully saturated rings. The van der Waals surface area contributed by atoms with Crippen LogP contribution in [0.25, 0.3) is 0 Å². The Kier molecular flexibility index (Phi) is 6.80. The van der Waals surface area contributed by atoms with Gasteiger partial charge >= 0.3 is 0 Å². The van der Waals surface area contributed by atoms with E-state index in [-0.39, 0.29) is 17.4 Å². The first-order valence-corrected chi connectivity index (χ1v) is 10.8. The molecule has 0 aliphatic carbocycles. The molecule has 0 saturated carbocycles. The molecule has 0 spiro atoms. The molecule has 3 heterocycles. The first kappa shape index (κ1) is 22.2. The van der Waals surface area contributed by atoms with Crippen molar-refractivity contribution in [3.8, 4) is 0 Å². The topological polar surface area (TPSA) is 125 Å². The molecule has 9 nitrogen and oxygen atoms in total. The van der Waals surface area contributed by atoms with Crippen LogP contribution in [-0.4, -0.2) is 47.3 Å². The molecule has 2 aromatic heterocycles. The summed E-state index contributed by atoms with van der Waals surface area (Å²) >= 11 is 0. The number of primary amides is 1. The number of carbonyl (C=O) groups excluding carboxylic acids is 2. The standard InChI is InChI=1S/C24H27N7O2/c1-16(32)19-14-27-10-11-31(19)20-15-29-24(30-18-8-5-9-26-13-18)21(23(25)33)22(20)28-12-17-6-3-2-4-7-17/h2-9,13,15,19,27H,10-12,14H2,1H3,(H2,25,33)(H2,28,29,30). The average molecular weight is 446 g/mol. The Hall–Kier alpha value is -3.98. The molecule has 0 bridgehead atoms. The van der Waals surface area contributed by atoms with Gasteiger partial charge in [0.2, 0.25) is 0 Å². The zero-order chi connectivity index (χ0) is 23.2. The van der Waals surface area contributed by atoms with E-state index in [1.165, 1.54) is 0 Å². The summed E-state index contributed by atoms with van der Waals surface area (Å²) in [5, 5.41) is 9.80. The predicted octanol–water partition coefficient (Wildman–Crippen LogP) is 2.30. The number of amides is 1. The van der Waals surface area contributed by atoms with Crippen LogP contribution in [0.3, 0.4) is 0 Å². The highest BCUT2D eigenvalue weighted by molar-refractivity contribution is 6.06. The van der Waals surface area contributed by atoms with Gasteiger partial charge in [0.1, 0.15) is 11.4 Å². The summed E-state index contributed by atoms with van der Waals surface area (Å²) in [4.78, 5) is 35.7. The van der Waals surface area contributed by atoms with Crippen LogP contribution in [0.1, 0.15) is 22.8 Å². The molecule has 9 heteroatoms. The first-order chi connectivity index (χ1) is 16.0. The minimum Gasteiger partial charge on any atom is -0.378 e. The van der Waals surface area contributed by atoms with Crippen molar-refractivity contribution in [3.05, 3.63) is 72.2 Å². The van der Waals surface area contributed by atoms with Gasteiger partial charge in [0.15, 0.2) is 5.78 Å². The van der Waals surface area contributed by atoms with Gasteiger partial charge in [-0.15, -0.1) is 0 Å². The third kappa shape index (κ3) is 5.09. The van der Waals surface area contributed by atoms with Crippen molar-refractivity contribution in [2.45, 2.75) is 19.5 Å².